The number of carbonyl (C=O) groups excluding carboxylic acids is 1. The van der Waals surface area contributed by atoms with Crippen LogP contribution in [0.1, 0.15) is 33.6 Å². The quantitative estimate of drug-likeness (QED) is 0.466. The van der Waals surface area contributed by atoms with Crippen LogP contribution >= 0.6 is 0 Å². The molecule has 1 atom stereocenters. The van der Waals surface area contributed by atoms with Gasteiger partial charge in [0.15, 0.2) is 0 Å². The van der Waals surface area contributed by atoms with E-state index in [4.69, 9.17) is 4.74 Å². The molecule has 0 aromatic carbocycles. The number of ether oxygens (including phenoxy) is 1. The SMILES string of the molecule is CCCOCN[C@@H](C)C(=O)CC. The van der Waals surface area contributed by atoms with Crippen LogP contribution in [0, 0.1) is 0 Å². The first-order chi connectivity index (χ1) is 5.72. The van der Waals surface area contributed by atoms with E-state index in [1.165, 1.54) is 0 Å². The van der Waals surface area contributed by atoms with E-state index in [2.05, 4.69) is 12.2 Å². The summed E-state index contributed by atoms with van der Waals surface area (Å²) in [5.74, 6) is 0.232. The monoisotopic (exact) mass is 173 g/mol. The van der Waals surface area contributed by atoms with Crippen LogP contribution in [-0.2, 0) is 9.53 Å². The predicted molar refractivity (Wildman–Crippen MR) is 49.0 cm³/mol. The van der Waals surface area contributed by atoms with Gasteiger partial charge in [-0.2, -0.15) is 0 Å². The molecule has 0 fully saturated rings. The average Bonchev–Trinajstić information content (AvgIpc) is 2.10. The van der Waals surface area contributed by atoms with Crippen molar-refractivity contribution >= 4 is 5.78 Å². The summed E-state index contributed by atoms with van der Waals surface area (Å²) in [6, 6.07) is -0.0770. The van der Waals surface area contributed by atoms with E-state index in [0.717, 1.165) is 13.0 Å². The van der Waals surface area contributed by atoms with E-state index in [-0.39, 0.29) is 11.8 Å². The molecule has 12 heavy (non-hydrogen) atoms. The number of carbonyl (C=O) groups is 1. The van der Waals surface area contributed by atoms with Crippen LogP contribution < -0.4 is 5.32 Å². The van der Waals surface area contributed by atoms with E-state index in [9.17, 15) is 4.79 Å². The minimum atomic E-state index is -0.0770. The van der Waals surface area contributed by atoms with Crippen molar-refractivity contribution < 1.29 is 9.53 Å². The summed E-state index contributed by atoms with van der Waals surface area (Å²) < 4.78 is 5.18. The van der Waals surface area contributed by atoms with E-state index in [1.54, 1.807) is 0 Å². The third kappa shape index (κ3) is 5.27. The van der Waals surface area contributed by atoms with Crippen molar-refractivity contribution in [1.29, 1.82) is 0 Å². The summed E-state index contributed by atoms with van der Waals surface area (Å²) in [6.07, 6.45) is 1.60. The maximum Gasteiger partial charge on any atom is 0.149 e. The Bertz CT molecular complexity index is 126. The third-order valence-corrected chi connectivity index (χ3v) is 1.67. The minimum absolute atomic E-state index is 0.0770. The zero-order chi connectivity index (χ0) is 9.40. The molecule has 0 rings (SSSR count). The standard InChI is InChI=1S/C9H19NO2/c1-4-6-12-7-10-8(3)9(11)5-2/h8,10H,4-7H2,1-3H3/t8-/m0/s1. The van der Waals surface area contributed by atoms with Crippen molar-refractivity contribution in [2.75, 3.05) is 13.3 Å². The molecule has 0 radical (unpaired) electrons. The van der Waals surface area contributed by atoms with Gasteiger partial charge < -0.3 is 4.74 Å². The van der Waals surface area contributed by atoms with Gasteiger partial charge in [0.25, 0.3) is 0 Å². The lowest BCUT2D eigenvalue weighted by Gasteiger charge is -2.11. The predicted octanol–water partition coefficient (Wildman–Crippen LogP) is 1.33. The lowest BCUT2D eigenvalue weighted by atomic mass is 10.2. The molecule has 0 saturated carbocycles. The normalized spacial score (nSPS) is 12.9. The van der Waals surface area contributed by atoms with E-state index < -0.39 is 0 Å². The van der Waals surface area contributed by atoms with Crippen molar-refractivity contribution in [3.8, 4) is 0 Å². The molecule has 72 valence electrons. The highest BCUT2D eigenvalue weighted by molar-refractivity contribution is 5.83. The Morgan fingerprint density at radius 3 is 2.67 bits per heavy atom. The molecule has 0 bridgehead atoms. The van der Waals surface area contributed by atoms with Crippen LogP contribution in [0.15, 0.2) is 0 Å². The largest absolute Gasteiger partial charge is 0.366 e. The van der Waals surface area contributed by atoms with Gasteiger partial charge in [-0.3, -0.25) is 10.1 Å². The van der Waals surface area contributed by atoms with Crippen molar-refractivity contribution in [3.63, 3.8) is 0 Å². The van der Waals surface area contributed by atoms with Gasteiger partial charge in [-0.15, -0.1) is 0 Å². The van der Waals surface area contributed by atoms with Crippen LogP contribution in [0.4, 0.5) is 0 Å². The van der Waals surface area contributed by atoms with Gasteiger partial charge in [0.05, 0.1) is 12.8 Å². The molecular formula is C9H19NO2. The number of hydrogen-bond acceptors (Lipinski definition) is 3. The van der Waals surface area contributed by atoms with Gasteiger partial charge in [-0.25, -0.2) is 0 Å². The smallest absolute Gasteiger partial charge is 0.149 e. The van der Waals surface area contributed by atoms with E-state index in [0.29, 0.717) is 13.2 Å². The summed E-state index contributed by atoms with van der Waals surface area (Å²) in [5.41, 5.74) is 0. The highest BCUT2D eigenvalue weighted by Crippen LogP contribution is 1.89. The fourth-order valence-electron chi connectivity index (χ4n) is 0.820. The highest BCUT2D eigenvalue weighted by Gasteiger charge is 2.08. The lowest BCUT2D eigenvalue weighted by Crippen LogP contribution is -2.35. The Morgan fingerprint density at radius 2 is 2.17 bits per heavy atom. The first-order valence-electron chi connectivity index (χ1n) is 4.56. The van der Waals surface area contributed by atoms with Crippen molar-refractivity contribution in [2.45, 2.75) is 39.7 Å². The van der Waals surface area contributed by atoms with Gasteiger partial charge in [-0.05, 0) is 13.3 Å². The molecule has 0 aliphatic rings. The molecule has 3 heteroatoms. The molecule has 0 saturated heterocycles. The zero-order valence-electron chi connectivity index (χ0n) is 8.22. The van der Waals surface area contributed by atoms with Crippen molar-refractivity contribution in [3.05, 3.63) is 0 Å². The Kier molecular flexibility index (Phi) is 7.00. The second-order valence-corrected chi connectivity index (χ2v) is 2.80. The first kappa shape index (κ1) is 11.6. The average molecular weight is 173 g/mol. The van der Waals surface area contributed by atoms with Crippen molar-refractivity contribution in [1.82, 2.24) is 5.32 Å². The second kappa shape index (κ2) is 7.25. The Hall–Kier alpha value is -0.410. The number of rotatable bonds is 7. The summed E-state index contributed by atoms with van der Waals surface area (Å²) in [5, 5.41) is 3.00. The fraction of sp³-hybridized carbons (Fsp3) is 0.889. The fourth-order valence-corrected chi connectivity index (χ4v) is 0.820. The highest BCUT2D eigenvalue weighted by atomic mass is 16.5. The van der Waals surface area contributed by atoms with Gasteiger partial charge >= 0.3 is 0 Å². The summed E-state index contributed by atoms with van der Waals surface area (Å²) in [7, 11) is 0. The van der Waals surface area contributed by atoms with Gasteiger partial charge in [0, 0.05) is 13.0 Å². The number of Topliss-reactive ketones (excluding diaryl/α,β-unsaturated/α-hetero) is 1. The first-order valence-corrected chi connectivity index (χ1v) is 4.56. The Labute approximate surface area is 74.5 Å². The molecular weight excluding hydrogens is 154 g/mol. The molecule has 3 nitrogen and oxygen atoms in total. The topological polar surface area (TPSA) is 38.3 Å². The Balaban J connectivity index is 3.31. The van der Waals surface area contributed by atoms with E-state index in [1.807, 2.05) is 13.8 Å². The molecule has 0 aliphatic carbocycles. The summed E-state index contributed by atoms with van der Waals surface area (Å²) >= 11 is 0. The molecule has 0 heterocycles. The van der Waals surface area contributed by atoms with Crippen LogP contribution in [0.5, 0.6) is 0 Å². The summed E-state index contributed by atoms with van der Waals surface area (Å²) in [4.78, 5) is 11.1. The van der Waals surface area contributed by atoms with Gasteiger partial charge in [0.1, 0.15) is 5.78 Å². The molecule has 0 aromatic rings. The summed E-state index contributed by atoms with van der Waals surface area (Å²) in [6.45, 7) is 7.01. The van der Waals surface area contributed by atoms with E-state index >= 15 is 0 Å². The zero-order valence-corrected chi connectivity index (χ0v) is 8.22. The van der Waals surface area contributed by atoms with Gasteiger partial charge in [-0.1, -0.05) is 13.8 Å². The molecule has 0 aromatic heterocycles. The molecule has 0 amide bonds. The molecule has 0 spiro atoms. The second-order valence-electron chi connectivity index (χ2n) is 2.80. The Morgan fingerprint density at radius 1 is 1.50 bits per heavy atom. The minimum Gasteiger partial charge on any atom is -0.366 e. The van der Waals surface area contributed by atoms with Crippen LogP contribution in [0.2, 0.25) is 0 Å². The number of nitrogens with one attached hydrogen (secondary N) is 1. The maximum atomic E-state index is 11.1. The lowest BCUT2D eigenvalue weighted by molar-refractivity contribution is -0.120. The van der Waals surface area contributed by atoms with Crippen molar-refractivity contribution in [2.24, 2.45) is 0 Å². The number of hydrogen-bond donors (Lipinski definition) is 1. The third-order valence-electron chi connectivity index (χ3n) is 1.67. The van der Waals surface area contributed by atoms with Gasteiger partial charge in [0.2, 0.25) is 0 Å². The number of ketones is 1. The maximum absolute atomic E-state index is 11.1. The van der Waals surface area contributed by atoms with Crippen LogP contribution in [0.3, 0.4) is 0 Å². The van der Waals surface area contributed by atoms with Crippen LogP contribution in [0.25, 0.3) is 0 Å². The van der Waals surface area contributed by atoms with Crippen LogP contribution in [-0.4, -0.2) is 25.2 Å². The molecule has 0 aliphatic heterocycles. The molecule has 1 N–H and O–H groups in total. The molecule has 0 unspecified atom stereocenters.